The predicted molar refractivity (Wildman–Crippen MR) is 105 cm³/mol. The molecule has 0 radical (unpaired) electrons. The summed E-state index contributed by atoms with van der Waals surface area (Å²) in [4.78, 5) is 0. The SMILES string of the molecule is CO[C@H]1O[C@H](CO[Si](C)(C)C(C)(C)C)[C@H]2OC(C)(OC)C(C)(OC)O[C@@H]2[C@@H]1O. The Kier molecular flexibility index (Phi) is 7.08. The van der Waals surface area contributed by atoms with Crippen LogP contribution in [0.3, 0.4) is 0 Å². The predicted octanol–water partition coefficient (Wildman–Crippen LogP) is 2.25. The Morgan fingerprint density at radius 3 is 1.89 bits per heavy atom. The Labute approximate surface area is 169 Å². The van der Waals surface area contributed by atoms with Crippen molar-refractivity contribution in [2.45, 2.75) is 95.0 Å². The second kappa shape index (κ2) is 8.20. The Hall–Kier alpha value is -0.103. The molecule has 0 aliphatic carbocycles. The van der Waals surface area contributed by atoms with E-state index in [-0.39, 0.29) is 5.04 Å². The lowest BCUT2D eigenvalue weighted by molar-refractivity contribution is -0.479. The van der Waals surface area contributed by atoms with Crippen molar-refractivity contribution in [2.75, 3.05) is 27.9 Å². The molecule has 2 rings (SSSR count). The van der Waals surface area contributed by atoms with Crippen LogP contribution in [0, 0.1) is 0 Å². The van der Waals surface area contributed by atoms with Gasteiger partial charge in [-0.15, -0.1) is 0 Å². The molecule has 166 valence electrons. The molecule has 2 fully saturated rings. The highest BCUT2D eigenvalue weighted by molar-refractivity contribution is 6.74. The fraction of sp³-hybridized carbons (Fsp3) is 1.00. The quantitative estimate of drug-likeness (QED) is 0.653. The third-order valence-corrected chi connectivity index (χ3v) is 11.1. The van der Waals surface area contributed by atoms with Crippen LogP contribution in [0.25, 0.3) is 0 Å². The van der Waals surface area contributed by atoms with E-state index < -0.39 is 50.6 Å². The van der Waals surface area contributed by atoms with Gasteiger partial charge in [-0.25, -0.2) is 0 Å². The average Bonchev–Trinajstić information content (AvgIpc) is 2.62. The first-order chi connectivity index (χ1) is 12.7. The molecule has 0 spiro atoms. The molecule has 2 unspecified atom stereocenters. The Morgan fingerprint density at radius 2 is 1.46 bits per heavy atom. The van der Waals surface area contributed by atoms with Crippen LogP contribution >= 0.6 is 0 Å². The van der Waals surface area contributed by atoms with E-state index in [1.807, 2.05) is 0 Å². The van der Waals surface area contributed by atoms with Crippen LogP contribution in [0.15, 0.2) is 0 Å². The molecule has 2 aliphatic rings. The second-order valence-electron chi connectivity index (χ2n) is 9.31. The fourth-order valence-corrected chi connectivity index (χ4v) is 4.22. The zero-order chi connectivity index (χ0) is 21.5. The van der Waals surface area contributed by atoms with Gasteiger partial charge in [0.15, 0.2) is 14.6 Å². The molecule has 0 bridgehead atoms. The molecule has 0 aromatic heterocycles. The van der Waals surface area contributed by atoms with Crippen LogP contribution in [-0.2, 0) is 32.8 Å². The largest absolute Gasteiger partial charge is 0.414 e. The van der Waals surface area contributed by atoms with E-state index in [1.54, 1.807) is 13.8 Å². The highest BCUT2D eigenvalue weighted by Crippen LogP contribution is 2.44. The van der Waals surface area contributed by atoms with Gasteiger partial charge in [0.2, 0.25) is 11.6 Å². The topological polar surface area (TPSA) is 84.8 Å². The molecule has 2 heterocycles. The first kappa shape index (κ1) is 24.2. The molecule has 0 amide bonds. The van der Waals surface area contributed by atoms with Crippen LogP contribution in [0.2, 0.25) is 18.1 Å². The highest BCUT2D eigenvalue weighted by atomic mass is 28.4. The smallest absolute Gasteiger partial charge is 0.220 e. The van der Waals surface area contributed by atoms with Crippen LogP contribution in [0.1, 0.15) is 34.6 Å². The summed E-state index contributed by atoms with van der Waals surface area (Å²) in [7, 11) is 2.52. The number of methoxy groups -OCH3 is 3. The molecule has 2 saturated heterocycles. The summed E-state index contributed by atoms with van der Waals surface area (Å²) >= 11 is 0. The van der Waals surface area contributed by atoms with E-state index in [2.05, 4.69) is 33.9 Å². The molecule has 8 nitrogen and oxygen atoms in total. The number of fused-ring (bicyclic) bond motifs is 1. The van der Waals surface area contributed by atoms with Crippen molar-refractivity contribution in [3.8, 4) is 0 Å². The third kappa shape index (κ3) is 4.19. The minimum absolute atomic E-state index is 0.0564. The minimum atomic E-state index is -2.01. The Balaban J connectivity index is 2.29. The summed E-state index contributed by atoms with van der Waals surface area (Å²) in [6.45, 7) is 14.7. The van der Waals surface area contributed by atoms with Gasteiger partial charge in [0.05, 0.1) is 6.61 Å². The molecule has 0 aromatic carbocycles. The minimum Gasteiger partial charge on any atom is -0.414 e. The summed E-state index contributed by atoms with van der Waals surface area (Å²) < 4.78 is 41.3. The number of hydrogen-bond acceptors (Lipinski definition) is 8. The average molecular weight is 423 g/mol. The molecule has 1 N–H and O–H groups in total. The summed E-state index contributed by atoms with van der Waals surface area (Å²) in [6.07, 6.45) is -3.73. The number of ether oxygens (including phenoxy) is 6. The Bertz CT molecular complexity index is 539. The molecule has 2 aliphatic heterocycles. The van der Waals surface area contributed by atoms with E-state index in [0.29, 0.717) is 6.61 Å². The number of hydrogen-bond donors (Lipinski definition) is 1. The zero-order valence-electron chi connectivity index (χ0n) is 18.9. The van der Waals surface area contributed by atoms with Gasteiger partial charge in [0.25, 0.3) is 0 Å². The standard InChI is InChI=1S/C19H38O8Si/c1-17(2,3)28(9,10)24-11-12-14-15(13(20)16(21-6)25-12)27-19(5,23-8)18(4,22-7)26-14/h12-16,20H,11H2,1-10H3/t12-,13+,14-,15-,16+,18?,19?/m1/s1. The van der Waals surface area contributed by atoms with Gasteiger partial charge in [-0.1, -0.05) is 20.8 Å². The summed E-state index contributed by atoms with van der Waals surface area (Å²) in [5.41, 5.74) is 0. The highest BCUT2D eigenvalue weighted by Gasteiger charge is 2.62. The fourth-order valence-electron chi connectivity index (χ4n) is 3.21. The number of rotatable bonds is 6. The van der Waals surface area contributed by atoms with E-state index in [4.69, 9.17) is 32.8 Å². The zero-order valence-corrected chi connectivity index (χ0v) is 19.9. The monoisotopic (exact) mass is 422 g/mol. The molecular formula is C19H38O8Si. The van der Waals surface area contributed by atoms with Crippen LogP contribution in [-0.4, -0.2) is 83.6 Å². The van der Waals surface area contributed by atoms with Crippen molar-refractivity contribution in [3.05, 3.63) is 0 Å². The Morgan fingerprint density at radius 1 is 0.964 bits per heavy atom. The third-order valence-electron chi connectivity index (χ3n) is 6.59. The van der Waals surface area contributed by atoms with Gasteiger partial charge in [0.1, 0.15) is 24.4 Å². The maximum atomic E-state index is 10.7. The van der Waals surface area contributed by atoms with Crippen molar-refractivity contribution in [1.29, 1.82) is 0 Å². The number of aliphatic hydroxyl groups excluding tert-OH is 1. The molecule has 7 atom stereocenters. The summed E-state index contributed by atoms with van der Waals surface area (Å²) in [6, 6.07) is 0. The van der Waals surface area contributed by atoms with Gasteiger partial charge in [-0.3, -0.25) is 0 Å². The number of aliphatic hydroxyl groups is 1. The molecule has 0 aromatic rings. The molecule has 9 heteroatoms. The van der Waals surface area contributed by atoms with Crippen molar-refractivity contribution in [2.24, 2.45) is 0 Å². The summed E-state index contributed by atoms with van der Waals surface area (Å²) in [5, 5.41) is 10.8. The lowest BCUT2D eigenvalue weighted by atomic mass is 9.94. The molecule has 0 saturated carbocycles. The van der Waals surface area contributed by atoms with Gasteiger partial charge in [-0.2, -0.15) is 0 Å². The van der Waals surface area contributed by atoms with E-state index in [9.17, 15) is 5.11 Å². The van der Waals surface area contributed by atoms with Crippen LogP contribution in [0.5, 0.6) is 0 Å². The first-order valence-corrected chi connectivity index (χ1v) is 12.6. The van der Waals surface area contributed by atoms with Crippen molar-refractivity contribution >= 4 is 8.32 Å². The molecule has 28 heavy (non-hydrogen) atoms. The van der Waals surface area contributed by atoms with Crippen molar-refractivity contribution < 1.29 is 38.0 Å². The van der Waals surface area contributed by atoms with Gasteiger partial charge in [-0.05, 0) is 32.0 Å². The van der Waals surface area contributed by atoms with Crippen molar-refractivity contribution in [1.82, 2.24) is 0 Å². The maximum absolute atomic E-state index is 10.7. The van der Waals surface area contributed by atoms with Crippen LogP contribution in [0.4, 0.5) is 0 Å². The normalized spacial score (nSPS) is 42.3. The van der Waals surface area contributed by atoms with Gasteiger partial charge >= 0.3 is 0 Å². The van der Waals surface area contributed by atoms with E-state index >= 15 is 0 Å². The van der Waals surface area contributed by atoms with Crippen molar-refractivity contribution in [3.63, 3.8) is 0 Å². The van der Waals surface area contributed by atoms with E-state index in [0.717, 1.165) is 0 Å². The first-order valence-electron chi connectivity index (χ1n) is 9.71. The van der Waals surface area contributed by atoms with Gasteiger partial charge in [0, 0.05) is 21.3 Å². The van der Waals surface area contributed by atoms with Gasteiger partial charge < -0.3 is 38.0 Å². The lowest BCUT2D eigenvalue weighted by Crippen LogP contribution is -2.73. The summed E-state index contributed by atoms with van der Waals surface area (Å²) in [5.74, 6) is -2.41. The lowest BCUT2D eigenvalue weighted by Gasteiger charge is -2.56. The second-order valence-corrected chi connectivity index (χ2v) is 14.1. The molecular weight excluding hydrogens is 384 g/mol. The maximum Gasteiger partial charge on any atom is 0.220 e. The van der Waals surface area contributed by atoms with Crippen LogP contribution < -0.4 is 0 Å². The van der Waals surface area contributed by atoms with E-state index in [1.165, 1.54) is 21.3 Å².